The van der Waals surface area contributed by atoms with E-state index in [1.54, 1.807) is 0 Å². The van der Waals surface area contributed by atoms with Gasteiger partial charge in [-0.3, -0.25) is 0 Å². The van der Waals surface area contributed by atoms with Gasteiger partial charge in [0.1, 0.15) is 0 Å². The second-order valence-electron chi connectivity index (χ2n) is 6.00. The molecule has 1 rings (SSSR count). The molecule has 1 saturated carbocycles. The van der Waals surface area contributed by atoms with Gasteiger partial charge in [-0.1, -0.05) is 54.4 Å². The first-order valence-electron chi connectivity index (χ1n) is 7.01. The summed E-state index contributed by atoms with van der Waals surface area (Å²) in [6.45, 7) is 14.7. The highest BCUT2D eigenvalue weighted by atomic mass is 14.6. The molecule has 0 amide bonds. The summed E-state index contributed by atoms with van der Waals surface area (Å²) in [5.74, 6) is 3.63. The third-order valence-corrected chi connectivity index (χ3v) is 5.67. The molecule has 0 spiro atoms. The van der Waals surface area contributed by atoms with Gasteiger partial charge in [-0.2, -0.15) is 0 Å². The molecule has 0 N–H and O–H groups in total. The van der Waals surface area contributed by atoms with Gasteiger partial charge < -0.3 is 0 Å². The Morgan fingerprint density at radius 1 is 0.933 bits per heavy atom. The Morgan fingerprint density at radius 3 is 1.53 bits per heavy atom. The topological polar surface area (TPSA) is 0 Å². The number of hydrogen-bond acceptors (Lipinski definition) is 0. The predicted molar refractivity (Wildman–Crippen MR) is 68.9 cm³/mol. The Hall–Kier alpha value is 0. The Kier molecular flexibility index (Phi) is 4.26. The zero-order chi connectivity index (χ0) is 11.6. The van der Waals surface area contributed by atoms with Crippen LogP contribution in [0.2, 0.25) is 0 Å². The van der Waals surface area contributed by atoms with Crippen LogP contribution >= 0.6 is 0 Å². The summed E-state index contributed by atoms with van der Waals surface area (Å²) in [5, 5.41) is 0. The average Bonchev–Trinajstić information content (AvgIpc) is 2.54. The molecule has 1 fully saturated rings. The van der Waals surface area contributed by atoms with Crippen LogP contribution in [0.25, 0.3) is 0 Å². The molecule has 0 nitrogen and oxygen atoms in total. The second kappa shape index (κ2) is 4.89. The van der Waals surface area contributed by atoms with Gasteiger partial charge in [-0.25, -0.2) is 0 Å². The monoisotopic (exact) mass is 210 g/mol. The first-order valence-corrected chi connectivity index (χ1v) is 7.01. The van der Waals surface area contributed by atoms with E-state index in [9.17, 15) is 0 Å². The van der Waals surface area contributed by atoms with Gasteiger partial charge in [-0.15, -0.1) is 0 Å². The van der Waals surface area contributed by atoms with Crippen molar-refractivity contribution in [1.29, 1.82) is 0 Å². The quantitative estimate of drug-likeness (QED) is 0.603. The van der Waals surface area contributed by atoms with Gasteiger partial charge in [0.15, 0.2) is 0 Å². The molecule has 1 aliphatic carbocycles. The second-order valence-corrected chi connectivity index (χ2v) is 6.00. The van der Waals surface area contributed by atoms with Crippen molar-refractivity contribution in [2.45, 2.75) is 67.2 Å². The molecular weight excluding hydrogens is 180 g/mol. The van der Waals surface area contributed by atoms with Crippen LogP contribution in [0.1, 0.15) is 67.2 Å². The van der Waals surface area contributed by atoms with E-state index in [-0.39, 0.29) is 0 Å². The molecule has 0 aromatic carbocycles. The van der Waals surface area contributed by atoms with Gasteiger partial charge >= 0.3 is 0 Å². The summed E-state index contributed by atoms with van der Waals surface area (Å²) in [5.41, 5.74) is 0.628. The molecule has 0 aliphatic heterocycles. The van der Waals surface area contributed by atoms with Gasteiger partial charge in [0.25, 0.3) is 0 Å². The predicted octanol–water partition coefficient (Wildman–Crippen LogP) is 5.13. The molecule has 0 radical (unpaired) electrons. The molecule has 4 unspecified atom stereocenters. The summed E-state index contributed by atoms with van der Waals surface area (Å²) in [6, 6.07) is 0. The maximum atomic E-state index is 2.50. The fourth-order valence-corrected chi connectivity index (χ4v) is 4.62. The van der Waals surface area contributed by atoms with E-state index in [0.29, 0.717) is 5.41 Å². The summed E-state index contributed by atoms with van der Waals surface area (Å²) >= 11 is 0. The SMILES string of the molecule is CCC(C)C1(C(C)CC)C(C)CCC1C. The summed E-state index contributed by atoms with van der Waals surface area (Å²) in [7, 11) is 0. The van der Waals surface area contributed by atoms with Crippen molar-refractivity contribution in [3.8, 4) is 0 Å². The number of hydrogen-bond donors (Lipinski definition) is 0. The summed E-state index contributed by atoms with van der Waals surface area (Å²) in [6.07, 6.45) is 5.60. The molecule has 1 aliphatic rings. The normalized spacial score (nSPS) is 40.4. The maximum Gasteiger partial charge on any atom is -0.0195 e. The van der Waals surface area contributed by atoms with Crippen LogP contribution in [0, 0.1) is 29.1 Å². The maximum absolute atomic E-state index is 2.50. The van der Waals surface area contributed by atoms with E-state index in [4.69, 9.17) is 0 Å². The number of rotatable bonds is 4. The van der Waals surface area contributed by atoms with Crippen LogP contribution in [0.4, 0.5) is 0 Å². The lowest BCUT2D eigenvalue weighted by Gasteiger charge is -2.48. The molecule has 0 heteroatoms. The highest BCUT2D eigenvalue weighted by Gasteiger charge is 2.51. The molecular formula is C15H30. The van der Waals surface area contributed by atoms with Crippen molar-refractivity contribution < 1.29 is 0 Å². The van der Waals surface area contributed by atoms with Crippen LogP contribution in [-0.4, -0.2) is 0 Å². The molecule has 90 valence electrons. The van der Waals surface area contributed by atoms with Gasteiger partial charge in [-0.05, 0) is 41.9 Å². The van der Waals surface area contributed by atoms with Crippen LogP contribution in [0.15, 0.2) is 0 Å². The lowest BCUT2D eigenvalue weighted by molar-refractivity contribution is 0.00321. The fraction of sp³-hybridized carbons (Fsp3) is 1.00. The zero-order valence-corrected chi connectivity index (χ0v) is 11.6. The molecule has 0 saturated heterocycles. The van der Waals surface area contributed by atoms with E-state index in [1.165, 1.54) is 25.7 Å². The van der Waals surface area contributed by atoms with Gasteiger partial charge in [0.05, 0.1) is 0 Å². The third-order valence-electron chi connectivity index (χ3n) is 5.67. The summed E-state index contributed by atoms with van der Waals surface area (Å²) < 4.78 is 0. The summed E-state index contributed by atoms with van der Waals surface area (Å²) in [4.78, 5) is 0. The smallest absolute Gasteiger partial charge is 0.0195 e. The largest absolute Gasteiger partial charge is 0.0651 e. The van der Waals surface area contributed by atoms with Crippen molar-refractivity contribution in [3.05, 3.63) is 0 Å². The molecule has 0 heterocycles. The Labute approximate surface area is 96.8 Å². The van der Waals surface area contributed by atoms with Crippen molar-refractivity contribution in [1.82, 2.24) is 0 Å². The molecule has 15 heavy (non-hydrogen) atoms. The van der Waals surface area contributed by atoms with E-state index in [1.807, 2.05) is 0 Å². The third kappa shape index (κ3) is 1.85. The van der Waals surface area contributed by atoms with Crippen molar-refractivity contribution in [2.24, 2.45) is 29.1 Å². The Balaban J connectivity index is 3.04. The lowest BCUT2D eigenvalue weighted by Crippen LogP contribution is -2.42. The Bertz CT molecular complexity index is 172. The average molecular weight is 210 g/mol. The standard InChI is InChI=1S/C15H30/c1-7-11(3)15(12(4)8-2)13(5)9-10-14(15)6/h11-14H,7-10H2,1-6H3. The van der Waals surface area contributed by atoms with Gasteiger partial charge in [0.2, 0.25) is 0 Å². The van der Waals surface area contributed by atoms with Crippen LogP contribution in [0.5, 0.6) is 0 Å². The minimum Gasteiger partial charge on any atom is -0.0651 e. The van der Waals surface area contributed by atoms with Crippen LogP contribution in [-0.2, 0) is 0 Å². The lowest BCUT2D eigenvalue weighted by atomic mass is 9.57. The molecule has 4 atom stereocenters. The minimum atomic E-state index is 0.628. The van der Waals surface area contributed by atoms with Crippen LogP contribution in [0.3, 0.4) is 0 Å². The highest BCUT2D eigenvalue weighted by molar-refractivity contribution is 4.99. The first kappa shape index (κ1) is 13.1. The molecule has 0 aromatic rings. The Morgan fingerprint density at radius 2 is 1.27 bits per heavy atom. The van der Waals surface area contributed by atoms with E-state index < -0.39 is 0 Å². The van der Waals surface area contributed by atoms with Crippen molar-refractivity contribution in [3.63, 3.8) is 0 Å². The fourth-order valence-electron chi connectivity index (χ4n) is 4.62. The van der Waals surface area contributed by atoms with Crippen molar-refractivity contribution >= 4 is 0 Å². The van der Waals surface area contributed by atoms with Gasteiger partial charge in [0, 0.05) is 0 Å². The highest BCUT2D eigenvalue weighted by Crippen LogP contribution is 2.58. The molecule has 0 aromatic heterocycles. The minimum absolute atomic E-state index is 0.628. The van der Waals surface area contributed by atoms with Crippen molar-refractivity contribution in [2.75, 3.05) is 0 Å². The van der Waals surface area contributed by atoms with E-state index >= 15 is 0 Å². The zero-order valence-electron chi connectivity index (χ0n) is 11.6. The van der Waals surface area contributed by atoms with Crippen LogP contribution < -0.4 is 0 Å². The van der Waals surface area contributed by atoms with E-state index in [2.05, 4.69) is 41.5 Å². The molecule has 0 bridgehead atoms. The van der Waals surface area contributed by atoms with E-state index in [0.717, 1.165) is 23.7 Å². The first-order chi connectivity index (χ1) is 7.01.